The molecule has 11 N–H and O–H groups in total. The van der Waals surface area contributed by atoms with Crippen molar-refractivity contribution in [2.45, 2.75) is 112 Å². The van der Waals surface area contributed by atoms with Gasteiger partial charge in [-0.2, -0.15) is 0 Å². The number of nitrogens with two attached hydrogens (primary N) is 2. The average molecular weight is 482 g/mol. The molecule has 2 saturated heterocycles. The zero-order chi connectivity index (χ0) is 24.7. The highest BCUT2D eigenvalue weighted by Crippen LogP contribution is 2.32. The van der Waals surface area contributed by atoms with Crippen LogP contribution in [0.3, 0.4) is 0 Å². The van der Waals surface area contributed by atoms with E-state index in [1.54, 1.807) is 14.0 Å². The Morgan fingerprint density at radius 2 is 1.64 bits per heavy atom. The second kappa shape index (κ2) is 10.6. The Balaban J connectivity index is 1.68. The van der Waals surface area contributed by atoms with E-state index >= 15 is 0 Å². The lowest BCUT2D eigenvalue weighted by atomic mass is 9.87. The third-order valence-electron chi connectivity index (χ3n) is 6.79. The predicted molar refractivity (Wildman–Crippen MR) is 113 cm³/mol. The van der Waals surface area contributed by atoms with Crippen molar-refractivity contribution in [2.24, 2.45) is 11.5 Å². The topological polar surface area (TPSA) is 222 Å². The van der Waals surface area contributed by atoms with Gasteiger partial charge in [0, 0.05) is 12.1 Å². The van der Waals surface area contributed by atoms with Crippen LogP contribution in [0.1, 0.15) is 26.7 Å². The molecule has 194 valence electrons. The van der Waals surface area contributed by atoms with Crippen LogP contribution in [0.5, 0.6) is 0 Å². The van der Waals surface area contributed by atoms with Crippen LogP contribution >= 0.6 is 0 Å². The van der Waals surface area contributed by atoms with Crippen LogP contribution < -0.4 is 16.8 Å². The van der Waals surface area contributed by atoms with Gasteiger partial charge in [0.2, 0.25) is 0 Å². The Morgan fingerprint density at radius 3 is 2.24 bits per heavy atom. The van der Waals surface area contributed by atoms with E-state index in [2.05, 4.69) is 5.32 Å². The summed E-state index contributed by atoms with van der Waals surface area (Å²) in [6, 6.07) is -2.00. The van der Waals surface area contributed by atoms with E-state index in [1.165, 1.54) is 6.92 Å². The van der Waals surface area contributed by atoms with E-state index in [4.69, 9.17) is 30.4 Å². The molecule has 1 saturated carbocycles. The van der Waals surface area contributed by atoms with Crippen LogP contribution in [0.15, 0.2) is 0 Å². The number of likely N-dealkylation sites (N-methyl/N-ethyl adjacent to an activating group) is 1. The number of hydrogen-bond donors (Lipinski definition) is 9. The zero-order valence-corrected chi connectivity index (χ0v) is 19.1. The van der Waals surface area contributed by atoms with Gasteiger partial charge in [0.05, 0.1) is 18.8 Å². The average Bonchev–Trinajstić information content (AvgIpc) is 2.74. The molecule has 0 amide bonds. The molecule has 3 fully saturated rings. The summed E-state index contributed by atoms with van der Waals surface area (Å²) in [5, 5.41) is 65.4. The smallest absolute Gasteiger partial charge is 0.187 e. The van der Waals surface area contributed by atoms with Crippen LogP contribution in [-0.2, 0) is 18.9 Å². The van der Waals surface area contributed by atoms with E-state index < -0.39 is 85.1 Å². The molecule has 3 rings (SSSR count). The van der Waals surface area contributed by atoms with Gasteiger partial charge >= 0.3 is 0 Å². The number of nitrogens with one attached hydrogen (secondary N) is 1. The summed E-state index contributed by atoms with van der Waals surface area (Å²) in [5.41, 5.74) is 10.6. The molecule has 0 aromatic rings. The lowest BCUT2D eigenvalue weighted by Gasteiger charge is -2.47. The van der Waals surface area contributed by atoms with Gasteiger partial charge in [-0.15, -0.1) is 0 Å². The van der Waals surface area contributed by atoms with E-state index in [9.17, 15) is 30.6 Å². The first-order valence-electron chi connectivity index (χ1n) is 11.3. The number of ether oxygens (including phenoxy) is 4. The van der Waals surface area contributed by atoms with Gasteiger partial charge in [-0.1, -0.05) is 0 Å². The fourth-order valence-corrected chi connectivity index (χ4v) is 4.80. The Labute approximate surface area is 192 Å². The van der Waals surface area contributed by atoms with E-state index in [0.717, 1.165) is 0 Å². The quantitative estimate of drug-likeness (QED) is 0.175. The minimum Gasteiger partial charge on any atom is -0.388 e. The van der Waals surface area contributed by atoms with Gasteiger partial charge in [0.25, 0.3) is 0 Å². The normalized spacial score (nSPS) is 52.5. The molecule has 33 heavy (non-hydrogen) atoms. The first-order chi connectivity index (χ1) is 15.4. The molecule has 0 aromatic carbocycles. The first-order valence-corrected chi connectivity index (χ1v) is 11.3. The van der Waals surface area contributed by atoms with Crippen LogP contribution in [0, 0.1) is 0 Å². The minimum absolute atomic E-state index is 0.112. The third kappa shape index (κ3) is 5.51. The van der Waals surface area contributed by atoms with Gasteiger partial charge in [0.15, 0.2) is 12.6 Å². The number of aliphatic hydroxyl groups is 6. The molecule has 2 aliphatic heterocycles. The molecule has 0 radical (unpaired) electrons. The van der Waals surface area contributed by atoms with Crippen molar-refractivity contribution in [3.8, 4) is 0 Å². The highest BCUT2D eigenvalue weighted by molar-refractivity contribution is 4.99. The van der Waals surface area contributed by atoms with Crippen molar-refractivity contribution < 1.29 is 49.6 Å². The SMILES string of the molecule is CN[C@@H]1[C@@H](O)[C@@H](O[C@@H]2[C@@H](O)[C@H](O[C@H]3O[C@H](C(C)N)[C@@H](O)[C@H](O)[C@H]3O)CC[C@H]2N)OC[C@]1(C)O. The molecular weight excluding hydrogens is 442 g/mol. The summed E-state index contributed by atoms with van der Waals surface area (Å²) >= 11 is 0. The summed E-state index contributed by atoms with van der Waals surface area (Å²) < 4.78 is 22.7. The largest absolute Gasteiger partial charge is 0.388 e. The lowest BCUT2D eigenvalue weighted by Crippen LogP contribution is -2.67. The van der Waals surface area contributed by atoms with Gasteiger partial charge in [0.1, 0.15) is 48.3 Å². The van der Waals surface area contributed by atoms with E-state index in [0.29, 0.717) is 12.8 Å². The fourth-order valence-electron chi connectivity index (χ4n) is 4.80. The van der Waals surface area contributed by atoms with Crippen LogP contribution in [0.2, 0.25) is 0 Å². The summed E-state index contributed by atoms with van der Waals surface area (Å²) in [6.45, 7) is 2.99. The molecule has 14 atom stereocenters. The summed E-state index contributed by atoms with van der Waals surface area (Å²) in [5.74, 6) is 0. The predicted octanol–water partition coefficient (Wildman–Crippen LogP) is -4.55. The van der Waals surface area contributed by atoms with Crippen LogP contribution in [-0.4, -0.2) is 129 Å². The molecule has 13 heteroatoms. The molecule has 13 nitrogen and oxygen atoms in total. The van der Waals surface area contributed by atoms with Crippen molar-refractivity contribution in [2.75, 3.05) is 13.7 Å². The maximum atomic E-state index is 10.9. The summed E-state index contributed by atoms with van der Waals surface area (Å²) in [6.07, 6.45) is -11.8. The number of hydrogen-bond acceptors (Lipinski definition) is 13. The highest BCUT2D eigenvalue weighted by Gasteiger charge is 2.51. The molecule has 1 aliphatic carbocycles. The van der Waals surface area contributed by atoms with Gasteiger partial charge < -0.3 is 66.4 Å². The highest BCUT2D eigenvalue weighted by atomic mass is 16.7. The second-order valence-corrected chi connectivity index (χ2v) is 9.60. The van der Waals surface area contributed by atoms with Crippen LogP contribution in [0.4, 0.5) is 0 Å². The maximum Gasteiger partial charge on any atom is 0.187 e. The van der Waals surface area contributed by atoms with E-state index in [-0.39, 0.29) is 6.61 Å². The Morgan fingerprint density at radius 1 is 0.970 bits per heavy atom. The third-order valence-corrected chi connectivity index (χ3v) is 6.79. The Kier molecular flexibility index (Phi) is 8.71. The van der Waals surface area contributed by atoms with Crippen molar-refractivity contribution in [3.63, 3.8) is 0 Å². The molecule has 2 heterocycles. The molecule has 0 bridgehead atoms. The van der Waals surface area contributed by atoms with Gasteiger partial charge in [-0.25, -0.2) is 0 Å². The van der Waals surface area contributed by atoms with Crippen molar-refractivity contribution in [1.82, 2.24) is 5.32 Å². The summed E-state index contributed by atoms with van der Waals surface area (Å²) in [4.78, 5) is 0. The molecule has 1 unspecified atom stereocenters. The van der Waals surface area contributed by atoms with Crippen molar-refractivity contribution in [1.29, 1.82) is 0 Å². The second-order valence-electron chi connectivity index (χ2n) is 9.60. The molecule has 3 aliphatic rings. The number of rotatable bonds is 6. The monoisotopic (exact) mass is 481 g/mol. The van der Waals surface area contributed by atoms with Crippen LogP contribution in [0.25, 0.3) is 0 Å². The van der Waals surface area contributed by atoms with Crippen molar-refractivity contribution >= 4 is 0 Å². The van der Waals surface area contributed by atoms with Gasteiger partial charge in [-0.3, -0.25) is 0 Å². The fraction of sp³-hybridized carbons (Fsp3) is 1.00. The maximum absolute atomic E-state index is 10.9. The Bertz CT molecular complexity index is 643. The lowest BCUT2D eigenvalue weighted by molar-refractivity contribution is -0.330. The standard InChI is InChI=1S/C20H39N3O10/c1-7(21)15-12(26)11(25)13(27)19(32-15)31-9-5-4-8(22)16(10(9)24)33-18-14(28)17(23-3)20(2,29)6-30-18/h7-19,23-29H,4-6,21-22H2,1-3H3/t7?,8-,9-,10+,11+,12+,13-,14-,15-,16+,17-,18-,19+,20+/m1/s1. The van der Waals surface area contributed by atoms with Gasteiger partial charge in [-0.05, 0) is 33.7 Å². The number of aliphatic hydroxyl groups excluding tert-OH is 5. The molecule has 0 aromatic heterocycles. The molecule has 0 spiro atoms. The van der Waals surface area contributed by atoms with E-state index in [1.807, 2.05) is 0 Å². The first kappa shape index (κ1) is 27.1. The Hall–Kier alpha value is -0.520. The summed E-state index contributed by atoms with van der Waals surface area (Å²) in [7, 11) is 1.59. The molecular formula is C20H39N3O10. The zero-order valence-electron chi connectivity index (χ0n) is 19.1. The minimum atomic E-state index is -1.57. The van der Waals surface area contributed by atoms with Crippen molar-refractivity contribution in [3.05, 3.63) is 0 Å².